The summed E-state index contributed by atoms with van der Waals surface area (Å²) in [5.74, 6) is 1.15. The van der Waals surface area contributed by atoms with Crippen molar-refractivity contribution in [3.8, 4) is 11.6 Å². The van der Waals surface area contributed by atoms with E-state index in [1.165, 1.54) is 18.9 Å². The monoisotopic (exact) mass is 380 g/mol. The molecule has 1 aromatic carbocycles. The van der Waals surface area contributed by atoms with Crippen LogP contribution < -0.4 is 20.2 Å². The van der Waals surface area contributed by atoms with E-state index in [1.54, 1.807) is 24.1 Å². The molecule has 0 aliphatic carbocycles. The predicted octanol–water partition coefficient (Wildman–Crippen LogP) is 2.53. The quantitative estimate of drug-likeness (QED) is 0.728. The van der Waals surface area contributed by atoms with Crippen LogP contribution in [0.25, 0.3) is 11.0 Å². The summed E-state index contributed by atoms with van der Waals surface area (Å²) in [6.45, 7) is 1.03. The molecule has 3 aromatic rings. The summed E-state index contributed by atoms with van der Waals surface area (Å²) < 4.78 is 10.3. The molecule has 4 rings (SSSR count). The average Bonchev–Trinajstić information content (AvgIpc) is 2.74. The molecule has 1 aliphatic heterocycles. The molecular formula is C20H20N4O4. The van der Waals surface area contributed by atoms with Gasteiger partial charge in [0.2, 0.25) is 11.3 Å². The molecule has 0 atom stereocenters. The summed E-state index contributed by atoms with van der Waals surface area (Å²) in [7, 11) is 3.12. The number of pyridine rings is 2. The first-order valence-corrected chi connectivity index (χ1v) is 8.87. The number of nitrogens with one attached hydrogen (secondary N) is 2. The van der Waals surface area contributed by atoms with Gasteiger partial charge in [0.1, 0.15) is 17.0 Å². The zero-order valence-electron chi connectivity index (χ0n) is 15.6. The standard InChI is InChI=1S/C20H20N4O4/c1-27-14-4-3-13-11-24(8-7-12(13)9-14)20(26)22-16-10-21-15-5-6-17(28-2)23-18(15)19(16)25/h3-6,9-10H,7-8,11H2,1-2H3,(H,21,25)(H,22,26). The Hall–Kier alpha value is -3.55. The third kappa shape index (κ3) is 3.24. The molecule has 8 heteroatoms. The number of anilines is 1. The second kappa shape index (κ2) is 7.22. The number of H-pyrrole nitrogens is 1. The van der Waals surface area contributed by atoms with Crippen molar-refractivity contribution in [3.63, 3.8) is 0 Å². The molecule has 8 nitrogen and oxygen atoms in total. The lowest BCUT2D eigenvalue weighted by molar-refractivity contribution is 0.206. The van der Waals surface area contributed by atoms with Gasteiger partial charge < -0.3 is 24.7 Å². The van der Waals surface area contributed by atoms with Crippen LogP contribution in [0.1, 0.15) is 11.1 Å². The molecule has 1 aliphatic rings. The van der Waals surface area contributed by atoms with Crippen LogP contribution in [0.2, 0.25) is 0 Å². The maximum atomic E-state index is 12.7. The van der Waals surface area contributed by atoms with E-state index in [0.29, 0.717) is 24.5 Å². The van der Waals surface area contributed by atoms with E-state index in [0.717, 1.165) is 17.7 Å². The first-order valence-electron chi connectivity index (χ1n) is 8.87. The Kier molecular flexibility index (Phi) is 4.60. The molecular weight excluding hydrogens is 360 g/mol. The minimum Gasteiger partial charge on any atom is -0.497 e. The molecule has 0 unspecified atom stereocenters. The fraction of sp³-hybridized carbons (Fsp3) is 0.250. The summed E-state index contributed by atoms with van der Waals surface area (Å²) in [6, 6.07) is 8.90. The number of hydrogen-bond acceptors (Lipinski definition) is 5. The highest BCUT2D eigenvalue weighted by Crippen LogP contribution is 2.24. The normalized spacial score (nSPS) is 13.1. The third-order valence-corrected chi connectivity index (χ3v) is 4.87. The Morgan fingerprint density at radius 1 is 1.18 bits per heavy atom. The highest BCUT2D eigenvalue weighted by atomic mass is 16.5. The lowest BCUT2D eigenvalue weighted by atomic mass is 10.00. The predicted molar refractivity (Wildman–Crippen MR) is 105 cm³/mol. The van der Waals surface area contributed by atoms with E-state index in [1.807, 2.05) is 18.2 Å². The minimum absolute atomic E-state index is 0.152. The van der Waals surface area contributed by atoms with E-state index in [4.69, 9.17) is 9.47 Å². The molecule has 144 valence electrons. The van der Waals surface area contributed by atoms with Crippen LogP contribution in [0.4, 0.5) is 10.5 Å². The van der Waals surface area contributed by atoms with Crippen LogP contribution in [0.5, 0.6) is 11.6 Å². The van der Waals surface area contributed by atoms with Crippen molar-refractivity contribution < 1.29 is 14.3 Å². The number of aromatic amines is 1. The van der Waals surface area contributed by atoms with E-state index in [9.17, 15) is 9.59 Å². The average molecular weight is 380 g/mol. The van der Waals surface area contributed by atoms with Crippen molar-refractivity contribution in [1.29, 1.82) is 0 Å². The van der Waals surface area contributed by atoms with E-state index >= 15 is 0 Å². The van der Waals surface area contributed by atoms with Crippen molar-refractivity contribution in [3.05, 3.63) is 57.9 Å². The van der Waals surface area contributed by atoms with E-state index in [2.05, 4.69) is 15.3 Å². The zero-order valence-corrected chi connectivity index (χ0v) is 15.6. The van der Waals surface area contributed by atoms with E-state index < -0.39 is 0 Å². The number of carbonyl (C=O) groups excluding carboxylic acids is 1. The van der Waals surface area contributed by atoms with Gasteiger partial charge in [0, 0.05) is 25.4 Å². The Morgan fingerprint density at radius 3 is 2.82 bits per heavy atom. The largest absolute Gasteiger partial charge is 0.497 e. The van der Waals surface area contributed by atoms with Crippen LogP contribution in [0.3, 0.4) is 0 Å². The summed E-state index contributed by atoms with van der Waals surface area (Å²) >= 11 is 0. The van der Waals surface area contributed by atoms with Crippen LogP contribution in [-0.2, 0) is 13.0 Å². The van der Waals surface area contributed by atoms with Gasteiger partial charge in [0.25, 0.3) is 0 Å². The number of aromatic nitrogens is 2. The highest BCUT2D eigenvalue weighted by Gasteiger charge is 2.22. The number of carbonyl (C=O) groups is 1. The number of ether oxygens (including phenoxy) is 2. The first kappa shape index (κ1) is 17.8. The van der Waals surface area contributed by atoms with Gasteiger partial charge >= 0.3 is 6.03 Å². The topological polar surface area (TPSA) is 96.6 Å². The maximum Gasteiger partial charge on any atom is 0.322 e. The second-order valence-corrected chi connectivity index (χ2v) is 6.52. The van der Waals surface area contributed by atoms with Gasteiger partial charge in [-0.2, -0.15) is 0 Å². The summed E-state index contributed by atoms with van der Waals surface area (Å²) in [5.41, 5.74) is 2.82. The Morgan fingerprint density at radius 2 is 2.04 bits per heavy atom. The van der Waals surface area contributed by atoms with Crippen LogP contribution >= 0.6 is 0 Å². The number of benzene rings is 1. The molecule has 2 amide bonds. The molecule has 0 saturated heterocycles. The number of hydrogen-bond donors (Lipinski definition) is 2. The van der Waals surface area contributed by atoms with Crippen molar-refractivity contribution in [2.45, 2.75) is 13.0 Å². The number of methoxy groups -OCH3 is 2. The smallest absolute Gasteiger partial charge is 0.322 e. The lowest BCUT2D eigenvalue weighted by Crippen LogP contribution is -2.39. The van der Waals surface area contributed by atoms with Gasteiger partial charge in [-0.25, -0.2) is 9.78 Å². The van der Waals surface area contributed by atoms with Crippen LogP contribution in [0.15, 0.2) is 41.3 Å². The SMILES string of the molecule is COc1ccc2c(c1)CCN(C(=O)Nc1c[nH]c3ccc(OC)nc3c1=O)C2. The van der Waals surface area contributed by atoms with Crippen molar-refractivity contribution in [1.82, 2.24) is 14.9 Å². The van der Waals surface area contributed by atoms with Crippen molar-refractivity contribution >= 4 is 22.8 Å². The van der Waals surface area contributed by atoms with Crippen LogP contribution in [0, 0.1) is 0 Å². The first-order chi connectivity index (χ1) is 13.6. The third-order valence-electron chi connectivity index (χ3n) is 4.87. The number of amides is 2. The molecule has 0 saturated carbocycles. The van der Waals surface area contributed by atoms with Crippen LogP contribution in [-0.4, -0.2) is 41.7 Å². The molecule has 0 fully saturated rings. The second-order valence-electron chi connectivity index (χ2n) is 6.52. The van der Waals surface area contributed by atoms with Gasteiger partial charge in [0.15, 0.2) is 0 Å². The fourth-order valence-corrected chi connectivity index (χ4v) is 3.30. The molecule has 0 radical (unpaired) electrons. The maximum absolute atomic E-state index is 12.7. The minimum atomic E-state index is -0.358. The van der Waals surface area contributed by atoms with Crippen molar-refractivity contribution in [2.75, 3.05) is 26.1 Å². The van der Waals surface area contributed by atoms with Crippen molar-refractivity contribution in [2.24, 2.45) is 0 Å². The number of rotatable bonds is 3. The molecule has 28 heavy (non-hydrogen) atoms. The molecule has 2 aromatic heterocycles. The number of urea groups is 1. The molecule has 3 heterocycles. The summed E-state index contributed by atoms with van der Waals surface area (Å²) in [6.07, 6.45) is 2.21. The highest BCUT2D eigenvalue weighted by molar-refractivity contribution is 5.91. The number of nitrogens with zero attached hydrogens (tertiary/aromatic N) is 2. The van der Waals surface area contributed by atoms with Gasteiger partial charge in [-0.15, -0.1) is 0 Å². The summed E-state index contributed by atoms with van der Waals surface area (Å²) in [5, 5.41) is 2.70. The van der Waals surface area contributed by atoms with E-state index in [-0.39, 0.29) is 22.7 Å². The number of fused-ring (bicyclic) bond motifs is 2. The lowest BCUT2D eigenvalue weighted by Gasteiger charge is -2.29. The molecule has 0 spiro atoms. The fourth-order valence-electron chi connectivity index (χ4n) is 3.30. The zero-order chi connectivity index (χ0) is 19.7. The molecule has 0 bridgehead atoms. The Balaban J connectivity index is 1.55. The Bertz CT molecular complexity index is 1110. The summed E-state index contributed by atoms with van der Waals surface area (Å²) in [4.78, 5) is 34.2. The Labute approximate surface area is 161 Å². The van der Waals surface area contributed by atoms with Gasteiger partial charge in [0.05, 0.1) is 19.7 Å². The van der Waals surface area contributed by atoms with Gasteiger partial charge in [-0.05, 0) is 35.7 Å². The molecule has 2 N–H and O–H groups in total. The van der Waals surface area contributed by atoms with Gasteiger partial charge in [-0.1, -0.05) is 6.07 Å². The van der Waals surface area contributed by atoms with Gasteiger partial charge in [-0.3, -0.25) is 4.79 Å².